The minimum Gasteiger partial charge on any atom is -0.489 e. The van der Waals surface area contributed by atoms with Crippen molar-refractivity contribution in [1.29, 1.82) is 0 Å². The number of pyridine rings is 1. The lowest BCUT2D eigenvalue weighted by atomic mass is 9.95. The predicted octanol–water partition coefficient (Wildman–Crippen LogP) is 4.91. The zero-order valence-electron chi connectivity index (χ0n) is 12.8. The normalized spacial score (nSPS) is 11.1. The Kier molecular flexibility index (Phi) is 4.78. The largest absolute Gasteiger partial charge is 0.489 e. The molecule has 0 fully saturated rings. The van der Waals surface area contributed by atoms with Crippen LogP contribution >= 0.6 is 0 Å². The molecular formula is C18H23NO. The van der Waals surface area contributed by atoms with E-state index in [1.165, 1.54) is 11.1 Å². The van der Waals surface area contributed by atoms with Crippen LogP contribution in [0.25, 0.3) is 0 Å². The Morgan fingerprint density at radius 3 is 1.95 bits per heavy atom. The van der Waals surface area contributed by atoms with Gasteiger partial charge in [-0.25, -0.2) is 0 Å². The molecule has 0 spiro atoms. The van der Waals surface area contributed by atoms with Crippen LogP contribution in [-0.4, -0.2) is 4.98 Å². The van der Waals surface area contributed by atoms with E-state index in [0.717, 1.165) is 11.3 Å². The molecule has 0 atom stereocenters. The second kappa shape index (κ2) is 6.56. The van der Waals surface area contributed by atoms with Gasteiger partial charge in [-0.15, -0.1) is 0 Å². The van der Waals surface area contributed by atoms with Gasteiger partial charge in [-0.2, -0.15) is 0 Å². The topological polar surface area (TPSA) is 22.1 Å². The maximum absolute atomic E-state index is 5.95. The molecule has 2 nitrogen and oxygen atoms in total. The highest BCUT2D eigenvalue weighted by atomic mass is 16.5. The molecule has 0 saturated carbocycles. The van der Waals surface area contributed by atoms with Gasteiger partial charge < -0.3 is 4.74 Å². The smallest absolute Gasteiger partial charge is 0.120 e. The molecule has 0 saturated heterocycles. The second-order valence-corrected chi connectivity index (χ2v) is 5.79. The SMILES string of the molecule is CC(C)c1cc(OCc2ccncc2)cc(C(C)C)c1. The summed E-state index contributed by atoms with van der Waals surface area (Å²) < 4.78 is 5.95. The average Bonchev–Trinajstić information content (AvgIpc) is 2.45. The summed E-state index contributed by atoms with van der Waals surface area (Å²) in [5.41, 5.74) is 3.81. The van der Waals surface area contributed by atoms with E-state index in [1.54, 1.807) is 12.4 Å². The number of rotatable bonds is 5. The number of benzene rings is 1. The summed E-state index contributed by atoms with van der Waals surface area (Å²) >= 11 is 0. The highest BCUT2D eigenvalue weighted by Crippen LogP contribution is 2.27. The molecule has 1 heterocycles. The Balaban J connectivity index is 2.18. The molecule has 0 unspecified atom stereocenters. The van der Waals surface area contributed by atoms with Crippen molar-refractivity contribution in [2.24, 2.45) is 0 Å². The van der Waals surface area contributed by atoms with Crippen molar-refractivity contribution in [2.75, 3.05) is 0 Å². The Bertz CT molecular complexity index is 520. The third kappa shape index (κ3) is 3.83. The standard InChI is InChI=1S/C18H23NO/c1-13(2)16-9-17(14(3)4)11-18(10-16)20-12-15-5-7-19-8-6-15/h5-11,13-14H,12H2,1-4H3. The van der Waals surface area contributed by atoms with Crippen LogP contribution < -0.4 is 4.74 Å². The van der Waals surface area contributed by atoms with Crippen LogP contribution in [0.2, 0.25) is 0 Å². The molecule has 2 rings (SSSR count). The van der Waals surface area contributed by atoms with Crippen molar-refractivity contribution in [3.05, 3.63) is 59.4 Å². The monoisotopic (exact) mass is 269 g/mol. The zero-order chi connectivity index (χ0) is 14.5. The van der Waals surface area contributed by atoms with Crippen molar-refractivity contribution in [3.63, 3.8) is 0 Å². The van der Waals surface area contributed by atoms with Gasteiger partial charge in [-0.1, -0.05) is 33.8 Å². The molecular weight excluding hydrogens is 246 g/mol. The molecule has 20 heavy (non-hydrogen) atoms. The molecule has 2 heteroatoms. The van der Waals surface area contributed by atoms with Gasteiger partial charge in [0.2, 0.25) is 0 Å². The van der Waals surface area contributed by atoms with E-state index in [-0.39, 0.29) is 0 Å². The fourth-order valence-electron chi connectivity index (χ4n) is 2.04. The molecule has 0 bridgehead atoms. The van der Waals surface area contributed by atoms with E-state index in [4.69, 9.17) is 4.74 Å². The van der Waals surface area contributed by atoms with E-state index >= 15 is 0 Å². The number of ether oxygens (including phenoxy) is 1. The fourth-order valence-corrected chi connectivity index (χ4v) is 2.04. The van der Waals surface area contributed by atoms with E-state index in [9.17, 15) is 0 Å². The molecule has 0 aliphatic rings. The van der Waals surface area contributed by atoms with Gasteiger partial charge >= 0.3 is 0 Å². The van der Waals surface area contributed by atoms with E-state index < -0.39 is 0 Å². The quantitative estimate of drug-likeness (QED) is 0.769. The highest BCUT2D eigenvalue weighted by molar-refractivity contribution is 5.37. The number of aromatic nitrogens is 1. The summed E-state index contributed by atoms with van der Waals surface area (Å²) in [5.74, 6) is 1.98. The van der Waals surface area contributed by atoms with Crippen molar-refractivity contribution >= 4 is 0 Å². The van der Waals surface area contributed by atoms with Gasteiger partial charge in [0.15, 0.2) is 0 Å². The Labute approximate surface area is 121 Å². The summed E-state index contributed by atoms with van der Waals surface area (Å²) in [4.78, 5) is 4.02. The lowest BCUT2D eigenvalue weighted by Crippen LogP contribution is -1.99. The summed E-state index contributed by atoms with van der Waals surface area (Å²) in [6.07, 6.45) is 3.59. The minimum atomic E-state index is 0.511. The molecule has 0 amide bonds. The van der Waals surface area contributed by atoms with Crippen LogP contribution in [0.4, 0.5) is 0 Å². The summed E-state index contributed by atoms with van der Waals surface area (Å²) in [6.45, 7) is 9.44. The third-order valence-electron chi connectivity index (χ3n) is 3.44. The van der Waals surface area contributed by atoms with Gasteiger partial charge in [-0.3, -0.25) is 4.98 Å². The maximum atomic E-state index is 5.95. The van der Waals surface area contributed by atoms with Crippen LogP contribution in [-0.2, 0) is 6.61 Å². The van der Waals surface area contributed by atoms with Gasteiger partial charge in [0.25, 0.3) is 0 Å². The first-order chi connectivity index (χ1) is 9.56. The van der Waals surface area contributed by atoms with Gasteiger partial charge in [0.1, 0.15) is 12.4 Å². The first-order valence-corrected chi connectivity index (χ1v) is 7.23. The Morgan fingerprint density at radius 1 is 0.900 bits per heavy atom. The first-order valence-electron chi connectivity index (χ1n) is 7.23. The fraction of sp³-hybridized carbons (Fsp3) is 0.389. The number of hydrogen-bond acceptors (Lipinski definition) is 2. The van der Waals surface area contributed by atoms with Crippen molar-refractivity contribution in [3.8, 4) is 5.75 Å². The molecule has 0 aliphatic carbocycles. The Morgan fingerprint density at radius 2 is 1.45 bits per heavy atom. The molecule has 0 N–H and O–H groups in total. The summed E-state index contributed by atoms with van der Waals surface area (Å²) in [5, 5.41) is 0. The third-order valence-corrected chi connectivity index (χ3v) is 3.44. The highest BCUT2D eigenvalue weighted by Gasteiger charge is 2.08. The van der Waals surface area contributed by atoms with Crippen molar-refractivity contribution < 1.29 is 4.74 Å². The lowest BCUT2D eigenvalue weighted by molar-refractivity contribution is 0.305. The van der Waals surface area contributed by atoms with Gasteiger partial charge in [0.05, 0.1) is 0 Å². The number of nitrogens with zero attached hydrogens (tertiary/aromatic N) is 1. The summed E-state index contributed by atoms with van der Waals surface area (Å²) in [7, 11) is 0. The van der Waals surface area contributed by atoms with Gasteiger partial charge in [-0.05, 0) is 52.8 Å². The molecule has 106 valence electrons. The van der Waals surface area contributed by atoms with E-state index in [0.29, 0.717) is 18.4 Å². The molecule has 0 aliphatic heterocycles. The average molecular weight is 269 g/mol. The maximum Gasteiger partial charge on any atom is 0.120 e. The molecule has 0 radical (unpaired) electrons. The minimum absolute atomic E-state index is 0.511. The van der Waals surface area contributed by atoms with Crippen molar-refractivity contribution in [2.45, 2.75) is 46.1 Å². The Hall–Kier alpha value is -1.83. The predicted molar refractivity (Wildman–Crippen MR) is 83.2 cm³/mol. The first kappa shape index (κ1) is 14.6. The van der Waals surface area contributed by atoms with E-state index in [1.807, 2.05) is 12.1 Å². The lowest BCUT2D eigenvalue weighted by Gasteiger charge is -2.15. The van der Waals surface area contributed by atoms with Crippen LogP contribution in [0.3, 0.4) is 0 Å². The van der Waals surface area contributed by atoms with Crippen LogP contribution in [0.15, 0.2) is 42.7 Å². The van der Waals surface area contributed by atoms with Crippen molar-refractivity contribution in [1.82, 2.24) is 4.98 Å². The summed E-state index contributed by atoms with van der Waals surface area (Å²) in [6, 6.07) is 10.6. The van der Waals surface area contributed by atoms with Crippen LogP contribution in [0, 0.1) is 0 Å². The van der Waals surface area contributed by atoms with E-state index in [2.05, 4.69) is 50.9 Å². The number of hydrogen-bond donors (Lipinski definition) is 0. The zero-order valence-corrected chi connectivity index (χ0v) is 12.8. The molecule has 2 aromatic rings. The van der Waals surface area contributed by atoms with Crippen LogP contribution in [0.5, 0.6) is 5.75 Å². The molecule has 1 aromatic heterocycles. The molecule has 1 aromatic carbocycles. The van der Waals surface area contributed by atoms with Gasteiger partial charge in [0, 0.05) is 12.4 Å². The second-order valence-electron chi connectivity index (χ2n) is 5.79. The van der Waals surface area contributed by atoms with Crippen LogP contribution in [0.1, 0.15) is 56.2 Å².